The maximum absolute atomic E-state index is 14.0. The fourth-order valence-electron chi connectivity index (χ4n) is 3.79. The molecule has 162 valence electrons. The zero-order valence-electron chi connectivity index (χ0n) is 16.9. The van der Waals surface area contributed by atoms with Crippen LogP contribution in [0.1, 0.15) is 25.0 Å². The average Bonchev–Trinajstić information content (AvgIpc) is 2.69. The van der Waals surface area contributed by atoms with Crippen LogP contribution in [0.3, 0.4) is 0 Å². The van der Waals surface area contributed by atoms with Gasteiger partial charge in [0, 0.05) is 11.4 Å². The molecule has 1 heterocycles. The van der Waals surface area contributed by atoms with Crippen LogP contribution < -0.4 is 4.31 Å². The van der Waals surface area contributed by atoms with Gasteiger partial charge in [-0.15, -0.1) is 0 Å². The van der Waals surface area contributed by atoms with Crippen molar-refractivity contribution in [3.05, 3.63) is 82.1 Å². The number of hydrogen-bond acceptors (Lipinski definition) is 2. The summed E-state index contributed by atoms with van der Waals surface area (Å²) in [6.45, 7) is 5.15. The van der Waals surface area contributed by atoms with Gasteiger partial charge in [0.1, 0.15) is 5.82 Å². The number of anilines is 1. The van der Waals surface area contributed by atoms with Crippen LogP contribution in [0.15, 0.2) is 70.0 Å². The molecule has 0 unspecified atom stereocenters. The number of alkyl halides is 3. The van der Waals surface area contributed by atoms with Crippen molar-refractivity contribution in [1.82, 2.24) is 0 Å². The van der Waals surface area contributed by atoms with E-state index in [2.05, 4.69) is 40.1 Å². The third kappa shape index (κ3) is 4.93. The molecule has 0 saturated heterocycles. The van der Waals surface area contributed by atoms with E-state index in [9.17, 15) is 17.6 Å². The maximum atomic E-state index is 14.0. The first-order valence-electron chi connectivity index (χ1n) is 9.73. The Bertz CT molecular complexity index is 1110. The minimum atomic E-state index is -4.34. The first kappa shape index (κ1) is 22.2. The van der Waals surface area contributed by atoms with Gasteiger partial charge in [-0.05, 0) is 98.9 Å². The van der Waals surface area contributed by atoms with Crippen molar-refractivity contribution in [2.45, 2.75) is 31.3 Å². The van der Waals surface area contributed by atoms with Crippen molar-refractivity contribution < 1.29 is 17.6 Å². The second-order valence-electron chi connectivity index (χ2n) is 8.46. The second-order valence-corrected chi connectivity index (χ2v) is 10.4. The van der Waals surface area contributed by atoms with Gasteiger partial charge in [0.15, 0.2) is 0 Å². The lowest BCUT2D eigenvalue weighted by atomic mass is 9.81. The lowest BCUT2D eigenvalue weighted by Crippen LogP contribution is -2.36. The molecule has 0 amide bonds. The monoisotopic (exact) mass is 509 g/mol. The smallest absolute Gasteiger partial charge is 0.311 e. The molecule has 0 saturated carbocycles. The minimum Gasteiger partial charge on any atom is -0.311 e. The standard InChI is InChI=1S/C24H20BrF4NS/c1-23(2)13-17-11-16(15-3-6-18(7-4-15)24(27,28)29)5-10-22(17)30(14-23)31-19-8-9-20(25)21(26)12-19/h3-12H,13-14H2,1-2H3. The van der Waals surface area contributed by atoms with E-state index < -0.39 is 11.7 Å². The summed E-state index contributed by atoms with van der Waals surface area (Å²) in [6.07, 6.45) is -3.49. The quantitative estimate of drug-likeness (QED) is 0.257. The third-order valence-electron chi connectivity index (χ3n) is 5.24. The topological polar surface area (TPSA) is 3.24 Å². The van der Waals surface area contributed by atoms with Crippen LogP contribution in [0.25, 0.3) is 11.1 Å². The van der Waals surface area contributed by atoms with E-state index in [-0.39, 0.29) is 11.2 Å². The van der Waals surface area contributed by atoms with Crippen molar-refractivity contribution in [3.63, 3.8) is 0 Å². The maximum Gasteiger partial charge on any atom is 0.416 e. The predicted octanol–water partition coefficient (Wildman–Crippen LogP) is 8.37. The highest BCUT2D eigenvalue weighted by Gasteiger charge is 2.32. The molecule has 0 fully saturated rings. The van der Waals surface area contributed by atoms with Crippen molar-refractivity contribution in [2.75, 3.05) is 10.8 Å². The van der Waals surface area contributed by atoms with Gasteiger partial charge in [0.2, 0.25) is 0 Å². The van der Waals surface area contributed by atoms with Gasteiger partial charge < -0.3 is 4.31 Å². The van der Waals surface area contributed by atoms with E-state index in [1.807, 2.05) is 18.2 Å². The van der Waals surface area contributed by atoms with Gasteiger partial charge in [-0.2, -0.15) is 13.2 Å². The highest BCUT2D eigenvalue weighted by Crippen LogP contribution is 2.43. The van der Waals surface area contributed by atoms with Gasteiger partial charge >= 0.3 is 6.18 Å². The van der Waals surface area contributed by atoms with Gasteiger partial charge in [0.05, 0.1) is 15.7 Å². The van der Waals surface area contributed by atoms with Crippen LogP contribution in [0.2, 0.25) is 0 Å². The van der Waals surface area contributed by atoms with Gasteiger partial charge in [-0.1, -0.05) is 32.0 Å². The Balaban J connectivity index is 1.66. The number of fused-ring (bicyclic) bond motifs is 1. The fraction of sp³-hybridized carbons (Fsp3) is 0.250. The molecule has 1 aliphatic heterocycles. The normalized spacial score (nSPS) is 15.6. The molecule has 0 aromatic heterocycles. The summed E-state index contributed by atoms with van der Waals surface area (Å²) in [5, 5.41) is 0. The summed E-state index contributed by atoms with van der Waals surface area (Å²) in [6, 6.07) is 16.3. The zero-order valence-corrected chi connectivity index (χ0v) is 19.3. The molecule has 31 heavy (non-hydrogen) atoms. The highest BCUT2D eigenvalue weighted by atomic mass is 79.9. The Kier molecular flexibility index (Phi) is 5.85. The van der Waals surface area contributed by atoms with E-state index >= 15 is 0 Å². The summed E-state index contributed by atoms with van der Waals surface area (Å²) >= 11 is 4.67. The zero-order chi connectivity index (χ0) is 22.4. The molecule has 0 spiro atoms. The Morgan fingerprint density at radius 2 is 1.61 bits per heavy atom. The molecule has 1 nitrogen and oxygen atoms in total. The summed E-state index contributed by atoms with van der Waals surface area (Å²) in [7, 11) is 0. The summed E-state index contributed by atoms with van der Waals surface area (Å²) in [5.41, 5.74) is 3.13. The summed E-state index contributed by atoms with van der Waals surface area (Å²) in [5.74, 6) is -0.306. The summed E-state index contributed by atoms with van der Waals surface area (Å²) < 4.78 is 55.2. The van der Waals surface area contributed by atoms with Crippen LogP contribution in [-0.2, 0) is 12.6 Å². The van der Waals surface area contributed by atoms with Crippen molar-refractivity contribution in [3.8, 4) is 11.1 Å². The first-order chi connectivity index (χ1) is 14.5. The molecule has 4 rings (SSSR count). The first-order valence-corrected chi connectivity index (χ1v) is 11.3. The number of nitrogens with zero attached hydrogens (tertiary/aromatic N) is 1. The predicted molar refractivity (Wildman–Crippen MR) is 122 cm³/mol. The second kappa shape index (κ2) is 8.17. The molecule has 0 atom stereocenters. The van der Waals surface area contributed by atoms with E-state index in [4.69, 9.17) is 0 Å². The van der Waals surface area contributed by atoms with Crippen LogP contribution in [0.4, 0.5) is 23.2 Å². The summed E-state index contributed by atoms with van der Waals surface area (Å²) in [4.78, 5) is 0.802. The Morgan fingerprint density at radius 1 is 0.935 bits per heavy atom. The molecule has 0 N–H and O–H groups in total. The molecule has 3 aromatic carbocycles. The van der Waals surface area contributed by atoms with E-state index in [0.717, 1.165) is 52.4 Å². The molecule has 3 aromatic rings. The lowest BCUT2D eigenvalue weighted by molar-refractivity contribution is -0.137. The van der Waals surface area contributed by atoms with E-state index in [1.54, 1.807) is 6.07 Å². The SMILES string of the molecule is CC1(C)Cc2cc(-c3ccc(C(F)(F)F)cc3)ccc2N(Sc2ccc(Br)c(F)c2)C1. The number of hydrogen-bond donors (Lipinski definition) is 0. The number of benzene rings is 3. The number of halogens is 5. The molecule has 7 heteroatoms. The van der Waals surface area contributed by atoms with Gasteiger partial charge in [-0.25, -0.2) is 4.39 Å². The fourth-order valence-corrected chi connectivity index (χ4v) is 5.27. The average molecular weight is 510 g/mol. The molecule has 1 aliphatic rings. The van der Waals surface area contributed by atoms with E-state index in [0.29, 0.717) is 4.47 Å². The molecule has 0 bridgehead atoms. The molecular weight excluding hydrogens is 490 g/mol. The Labute approximate surface area is 191 Å². The molecular formula is C24H20BrF4NS. The van der Waals surface area contributed by atoms with Crippen LogP contribution in [-0.4, -0.2) is 6.54 Å². The minimum absolute atomic E-state index is 0.00727. The van der Waals surface area contributed by atoms with Crippen LogP contribution in [0, 0.1) is 11.2 Å². The number of rotatable bonds is 3. The largest absolute Gasteiger partial charge is 0.416 e. The van der Waals surface area contributed by atoms with Gasteiger partial charge in [0.25, 0.3) is 0 Å². The van der Waals surface area contributed by atoms with Gasteiger partial charge in [-0.3, -0.25) is 0 Å². The highest BCUT2D eigenvalue weighted by molar-refractivity contribution is 9.10. The van der Waals surface area contributed by atoms with E-state index in [1.165, 1.54) is 30.1 Å². The molecule has 0 aliphatic carbocycles. The Hall–Kier alpha value is -1.99. The third-order valence-corrected chi connectivity index (χ3v) is 6.90. The lowest BCUT2D eigenvalue weighted by Gasteiger charge is -2.40. The Morgan fingerprint density at radius 3 is 2.26 bits per heavy atom. The van der Waals surface area contributed by atoms with Crippen molar-refractivity contribution >= 4 is 33.6 Å². The van der Waals surface area contributed by atoms with Crippen LogP contribution in [0.5, 0.6) is 0 Å². The van der Waals surface area contributed by atoms with Crippen molar-refractivity contribution in [1.29, 1.82) is 0 Å². The van der Waals surface area contributed by atoms with Crippen molar-refractivity contribution in [2.24, 2.45) is 5.41 Å². The van der Waals surface area contributed by atoms with Crippen LogP contribution >= 0.6 is 27.9 Å². The molecule has 0 radical (unpaired) electrons.